The van der Waals surface area contributed by atoms with Gasteiger partial charge in [-0.2, -0.15) is 0 Å². The minimum absolute atomic E-state index is 0.473. The second-order valence-electron chi connectivity index (χ2n) is 6.72. The van der Waals surface area contributed by atoms with E-state index in [1.54, 1.807) is 6.33 Å². The second kappa shape index (κ2) is 5.81. The monoisotopic (exact) mass is 309 g/mol. The van der Waals surface area contributed by atoms with Gasteiger partial charge in [-0.15, -0.1) is 0 Å². The number of hydrogen-bond donors (Lipinski definition) is 1. The molecule has 0 saturated carbocycles. The van der Waals surface area contributed by atoms with E-state index in [9.17, 15) is 0 Å². The lowest BCUT2D eigenvalue weighted by Gasteiger charge is -2.30. The number of rotatable bonds is 5. The summed E-state index contributed by atoms with van der Waals surface area (Å²) in [5.74, 6) is 2.60. The van der Waals surface area contributed by atoms with Crippen LogP contribution in [0.1, 0.15) is 29.5 Å². The lowest BCUT2D eigenvalue weighted by atomic mass is 9.99. The summed E-state index contributed by atoms with van der Waals surface area (Å²) < 4.78 is 0. The molecule has 0 unspecified atom stereocenters. The highest BCUT2D eigenvalue weighted by atomic mass is 15.3. The fourth-order valence-electron chi connectivity index (χ4n) is 3.80. The molecule has 2 heterocycles. The highest BCUT2D eigenvalue weighted by Gasteiger charge is 2.42. The Labute approximate surface area is 137 Å². The van der Waals surface area contributed by atoms with E-state index < -0.39 is 0 Å². The Bertz CT molecular complexity index is 699. The van der Waals surface area contributed by atoms with E-state index in [0.29, 0.717) is 12.0 Å². The molecule has 1 aliphatic heterocycles. The maximum Gasteiger partial charge on any atom is 0.134 e. The Hall–Kier alpha value is -2.14. The van der Waals surface area contributed by atoms with E-state index in [2.05, 4.69) is 69.5 Å². The van der Waals surface area contributed by atoms with E-state index in [4.69, 9.17) is 0 Å². The van der Waals surface area contributed by atoms with Gasteiger partial charge in [-0.3, -0.25) is 0 Å². The predicted octanol–water partition coefficient (Wildman–Crippen LogP) is 2.50. The van der Waals surface area contributed by atoms with Gasteiger partial charge in [0.15, 0.2) is 0 Å². The van der Waals surface area contributed by atoms with Gasteiger partial charge in [-0.05, 0) is 31.6 Å². The summed E-state index contributed by atoms with van der Waals surface area (Å²) in [6.07, 6.45) is 2.89. The van der Waals surface area contributed by atoms with Crippen LogP contribution in [0.2, 0.25) is 0 Å². The molecule has 1 aliphatic carbocycles. The number of anilines is 2. The van der Waals surface area contributed by atoms with Crippen LogP contribution in [0.3, 0.4) is 0 Å². The van der Waals surface area contributed by atoms with Crippen LogP contribution in [0.25, 0.3) is 0 Å². The molecule has 1 aromatic carbocycles. The summed E-state index contributed by atoms with van der Waals surface area (Å²) in [6, 6.07) is 11.4. The summed E-state index contributed by atoms with van der Waals surface area (Å²) in [4.78, 5) is 13.5. The van der Waals surface area contributed by atoms with Gasteiger partial charge >= 0.3 is 0 Å². The minimum atomic E-state index is 0.473. The second-order valence-corrected chi connectivity index (χ2v) is 6.72. The summed E-state index contributed by atoms with van der Waals surface area (Å²) in [5, 5.41) is 3.38. The van der Waals surface area contributed by atoms with Crippen LogP contribution in [0.15, 0.2) is 36.7 Å². The standard InChI is InChI=1S/C18H23N5/c1-22(2)8-7-19-17-10-18(21-12-20-17)23-11-13-9-16(23)15-6-4-3-5-14(13)15/h3-6,10,12-13,16H,7-9,11H2,1-2H3,(H,19,20,21)/t13-,16+/m1/s1. The molecule has 1 N–H and O–H groups in total. The van der Waals surface area contributed by atoms with Gasteiger partial charge in [-0.25, -0.2) is 9.97 Å². The normalized spacial score (nSPS) is 21.8. The molecule has 1 fully saturated rings. The molecule has 2 bridgehead atoms. The van der Waals surface area contributed by atoms with E-state index in [0.717, 1.165) is 31.3 Å². The van der Waals surface area contributed by atoms with Crippen molar-refractivity contribution in [3.05, 3.63) is 47.8 Å². The van der Waals surface area contributed by atoms with Crippen molar-refractivity contribution in [2.75, 3.05) is 43.9 Å². The number of likely N-dealkylation sites (N-methyl/N-ethyl adjacent to an activating group) is 1. The molecule has 2 aliphatic rings. The quantitative estimate of drug-likeness (QED) is 0.919. The first kappa shape index (κ1) is 14.5. The third-order valence-corrected chi connectivity index (χ3v) is 4.91. The third kappa shape index (κ3) is 2.65. The number of fused-ring (bicyclic) bond motifs is 5. The Morgan fingerprint density at radius 2 is 2.04 bits per heavy atom. The highest BCUT2D eigenvalue weighted by Crippen LogP contribution is 2.51. The number of aromatic nitrogens is 2. The van der Waals surface area contributed by atoms with E-state index >= 15 is 0 Å². The number of benzene rings is 1. The molecular weight excluding hydrogens is 286 g/mol. The predicted molar refractivity (Wildman–Crippen MR) is 93.0 cm³/mol. The molecule has 0 spiro atoms. The molecule has 120 valence electrons. The van der Waals surface area contributed by atoms with Gasteiger partial charge in [0.25, 0.3) is 0 Å². The van der Waals surface area contributed by atoms with Gasteiger partial charge in [0.2, 0.25) is 0 Å². The van der Waals surface area contributed by atoms with Gasteiger partial charge in [-0.1, -0.05) is 24.3 Å². The largest absolute Gasteiger partial charge is 0.369 e. The maximum absolute atomic E-state index is 4.52. The van der Waals surface area contributed by atoms with Gasteiger partial charge in [0.05, 0.1) is 6.04 Å². The summed E-state index contributed by atoms with van der Waals surface area (Å²) in [6.45, 7) is 2.94. The number of nitrogens with one attached hydrogen (secondary N) is 1. The Balaban J connectivity index is 1.52. The van der Waals surface area contributed by atoms with Crippen LogP contribution in [0, 0.1) is 0 Å². The molecule has 23 heavy (non-hydrogen) atoms. The van der Waals surface area contributed by atoms with Crippen molar-refractivity contribution >= 4 is 11.6 Å². The van der Waals surface area contributed by atoms with Crippen LogP contribution in [0.5, 0.6) is 0 Å². The van der Waals surface area contributed by atoms with E-state index in [1.165, 1.54) is 17.5 Å². The zero-order chi connectivity index (χ0) is 15.8. The van der Waals surface area contributed by atoms with Crippen molar-refractivity contribution in [1.82, 2.24) is 14.9 Å². The van der Waals surface area contributed by atoms with Crippen molar-refractivity contribution in [2.45, 2.75) is 18.4 Å². The molecule has 0 amide bonds. The molecule has 1 saturated heterocycles. The molecule has 5 heteroatoms. The fraction of sp³-hybridized carbons (Fsp3) is 0.444. The molecule has 0 radical (unpaired) electrons. The van der Waals surface area contributed by atoms with Crippen LogP contribution >= 0.6 is 0 Å². The molecule has 4 rings (SSSR count). The lowest BCUT2D eigenvalue weighted by molar-refractivity contribution is 0.425. The zero-order valence-corrected chi connectivity index (χ0v) is 13.7. The zero-order valence-electron chi connectivity index (χ0n) is 13.7. The number of hydrogen-bond acceptors (Lipinski definition) is 5. The Morgan fingerprint density at radius 1 is 1.22 bits per heavy atom. The summed E-state index contributed by atoms with van der Waals surface area (Å²) in [7, 11) is 4.15. The lowest BCUT2D eigenvalue weighted by Crippen LogP contribution is -2.28. The molecule has 2 aromatic rings. The first-order valence-electron chi connectivity index (χ1n) is 8.28. The van der Waals surface area contributed by atoms with Crippen molar-refractivity contribution in [3.63, 3.8) is 0 Å². The topological polar surface area (TPSA) is 44.3 Å². The van der Waals surface area contributed by atoms with Crippen LogP contribution < -0.4 is 10.2 Å². The molecular formula is C18H23N5. The van der Waals surface area contributed by atoms with Crippen molar-refractivity contribution in [1.29, 1.82) is 0 Å². The number of nitrogens with zero attached hydrogens (tertiary/aromatic N) is 4. The van der Waals surface area contributed by atoms with Crippen LogP contribution in [-0.4, -0.2) is 48.6 Å². The highest BCUT2D eigenvalue weighted by molar-refractivity contribution is 5.56. The van der Waals surface area contributed by atoms with Gasteiger partial charge < -0.3 is 15.1 Å². The first-order chi connectivity index (χ1) is 11.2. The Kier molecular flexibility index (Phi) is 3.65. The summed E-state index contributed by atoms with van der Waals surface area (Å²) in [5.41, 5.74) is 3.01. The minimum Gasteiger partial charge on any atom is -0.369 e. The van der Waals surface area contributed by atoms with Crippen molar-refractivity contribution < 1.29 is 0 Å². The smallest absolute Gasteiger partial charge is 0.134 e. The Morgan fingerprint density at radius 3 is 2.87 bits per heavy atom. The average Bonchev–Trinajstić information content (AvgIpc) is 3.14. The van der Waals surface area contributed by atoms with Gasteiger partial charge in [0, 0.05) is 31.6 Å². The van der Waals surface area contributed by atoms with E-state index in [-0.39, 0.29) is 0 Å². The first-order valence-corrected chi connectivity index (χ1v) is 8.28. The van der Waals surface area contributed by atoms with Crippen LogP contribution in [-0.2, 0) is 0 Å². The summed E-state index contributed by atoms with van der Waals surface area (Å²) >= 11 is 0. The average molecular weight is 309 g/mol. The maximum atomic E-state index is 4.52. The van der Waals surface area contributed by atoms with Crippen molar-refractivity contribution in [3.8, 4) is 0 Å². The van der Waals surface area contributed by atoms with Crippen LogP contribution in [0.4, 0.5) is 11.6 Å². The molecule has 5 nitrogen and oxygen atoms in total. The molecule has 1 aromatic heterocycles. The molecule has 2 atom stereocenters. The fourth-order valence-corrected chi connectivity index (χ4v) is 3.80. The SMILES string of the molecule is CN(C)CCNc1cc(N2C[C@H]3C[C@H]2c2ccccc23)ncn1. The third-order valence-electron chi connectivity index (χ3n) is 4.91. The van der Waals surface area contributed by atoms with E-state index in [1.807, 2.05) is 0 Å². The van der Waals surface area contributed by atoms with Gasteiger partial charge in [0.1, 0.15) is 18.0 Å². The van der Waals surface area contributed by atoms with Crippen molar-refractivity contribution in [2.24, 2.45) is 0 Å².